The fourth-order valence-corrected chi connectivity index (χ4v) is 2.56. The fraction of sp³-hybridized carbons (Fsp3) is 0.583. The Morgan fingerprint density at radius 3 is 3.00 bits per heavy atom. The lowest BCUT2D eigenvalue weighted by molar-refractivity contribution is 0.284. The first-order valence-corrected chi connectivity index (χ1v) is 5.02. The van der Waals surface area contributed by atoms with Gasteiger partial charge < -0.3 is 0 Å². The van der Waals surface area contributed by atoms with Gasteiger partial charge in [0.2, 0.25) is 0 Å². The average molecular weight is 175 g/mol. The van der Waals surface area contributed by atoms with Gasteiger partial charge in [-0.1, -0.05) is 26.8 Å². The molecule has 0 fully saturated rings. The van der Waals surface area contributed by atoms with Crippen molar-refractivity contribution in [3.63, 3.8) is 0 Å². The maximum Gasteiger partial charge on any atom is 0.0464 e. The lowest BCUT2D eigenvalue weighted by Gasteiger charge is -2.34. The molecule has 1 aliphatic carbocycles. The smallest absolute Gasteiger partial charge is 0.0464 e. The maximum atomic E-state index is 4.47. The molecule has 1 aliphatic rings. The van der Waals surface area contributed by atoms with Crippen LogP contribution in [0.3, 0.4) is 0 Å². The highest BCUT2D eigenvalue weighted by Gasteiger charge is 2.30. The highest BCUT2D eigenvalue weighted by molar-refractivity contribution is 5.27. The van der Waals surface area contributed by atoms with Crippen molar-refractivity contribution < 1.29 is 0 Å². The normalized spacial score (nSPS) is 25.3. The Bertz CT molecular complexity index is 315. The van der Waals surface area contributed by atoms with Gasteiger partial charge in [-0.25, -0.2) is 0 Å². The van der Waals surface area contributed by atoms with Crippen molar-refractivity contribution in [1.29, 1.82) is 0 Å². The highest BCUT2D eigenvalue weighted by Crippen LogP contribution is 2.40. The molecule has 0 radical (unpaired) electrons. The van der Waals surface area contributed by atoms with Gasteiger partial charge in [0.25, 0.3) is 0 Å². The number of pyridine rings is 1. The van der Waals surface area contributed by atoms with Crippen LogP contribution in [0.1, 0.15) is 44.4 Å². The van der Waals surface area contributed by atoms with Crippen LogP contribution in [0.5, 0.6) is 0 Å². The first kappa shape index (κ1) is 8.74. The van der Waals surface area contributed by atoms with Crippen molar-refractivity contribution in [2.24, 2.45) is 5.41 Å². The summed E-state index contributed by atoms with van der Waals surface area (Å²) < 4.78 is 0. The van der Waals surface area contributed by atoms with Gasteiger partial charge in [0, 0.05) is 11.9 Å². The van der Waals surface area contributed by atoms with Crippen LogP contribution < -0.4 is 0 Å². The zero-order valence-corrected chi connectivity index (χ0v) is 8.67. The molecular formula is C12H17N. The molecule has 1 heterocycles. The van der Waals surface area contributed by atoms with Crippen LogP contribution in [0.4, 0.5) is 0 Å². The third-order valence-electron chi connectivity index (χ3n) is 2.92. The standard InChI is InChI=1S/C12H17N/c1-9-7-12(2,3)8-10-5-4-6-13-11(9)10/h4-6,9H,7-8H2,1-3H3. The summed E-state index contributed by atoms with van der Waals surface area (Å²) >= 11 is 0. The van der Waals surface area contributed by atoms with Gasteiger partial charge in [-0.15, -0.1) is 0 Å². The molecule has 1 heteroatoms. The van der Waals surface area contributed by atoms with Gasteiger partial charge in [-0.3, -0.25) is 4.98 Å². The lowest BCUT2D eigenvalue weighted by atomic mass is 9.72. The second kappa shape index (κ2) is 2.83. The number of aromatic nitrogens is 1. The van der Waals surface area contributed by atoms with Crippen molar-refractivity contribution in [3.05, 3.63) is 29.6 Å². The fourth-order valence-electron chi connectivity index (χ4n) is 2.56. The summed E-state index contributed by atoms with van der Waals surface area (Å²) in [7, 11) is 0. The average Bonchev–Trinajstić information content (AvgIpc) is 2.02. The topological polar surface area (TPSA) is 12.9 Å². The number of fused-ring (bicyclic) bond motifs is 1. The predicted molar refractivity (Wildman–Crippen MR) is 54.8 cm³/mol. The summed E-state index contributed by atoms with van der Waals surface area (Å²) in [5.41, 5.74) is 3.23. The van der Waals surface area contributed by atoms with Crippen LogP contribution >= 0.6 is 0 Å². The minimum absolute atomic E-state index is 0.454. The third kappa shape index (κ3) is 1.60. The van der Waals surface area contributed by atoms with E-state index in [9.17, 15) is 0 Å². The second-order valence-corrected chi connectivity index (χ2v) is 4.99. The Balaban J connectivity index is 2.43. The first-order chi connectivity index (χ1) is 6.08. The van der Waals surface area contributed by atoms with E-state index in [0.29, 0.717) is 11.3 Å². The highest BCUT2D eigenvalue weighted by atomic mass is 14.7. The van der Waals surface area contributed by atoms with E-state index in [-0.39, 0.29) is 0 Å². The molecule has 0 aromatic carbocycles. The first-order valence-electron chi connectivity index (χ1n) is 5.02. The van der Waals surface area contributed by atoms with Crippen molar-refractivity contribution >= 4 is 0 Å². The van der Waals surface area contributed by atoms with E-state index in [4.69, 9.17) is 0 Å². The van der Waals surface area contributed by atoms with Gasteiger partial charge in [0.05, 0.1) is 0 Å². The van der Waals surface area contributed by atoms with E-state index < -0.39 is 0 Å². The predicted octanol–water partition coefficient (Wildman–Crippen LogP) is 3.16. The quantitative estimate of drug-likeness (QED) is 0.590. The zero-order chi connectivity index (χ0) is 9.47. The zero-order valence-electron chi connectivity index (χ0n) is 8.67. The maximum absolute atomic E-state index is 4.47. The lowest BCUT2D eigenvalue weighted by Crippen LogP contribution is -2.25. The molecule has 13 heavy (non-hydrogen) atoms. The van der Waals surface area contributed by atoms with Gasteiger partial charge in [0.1, 0.15) is 0 Å². The molecule has 0 N–H and O–H groups in total. The van der Waals surface area contributed by atoms with Crippen molar-refractivity contribution in [3.8, 4) is 0 Å². The van der Waals surface area contributed by atoms with Crippen molar-refractivity contribution in [1.82, 2.24) is 4.98 Å². The summed E-state index contributed by atoms with van der Waals surface area (Å²) in [6.07, 6.45) is 4.35. The molecule has 0 amide bonds. The molecule has 0 aliphatic heterocycles. The van der Waals surface area contributed by atoms with E-state index in [1.54, 1.807) is 0 Å². The van der Waals surface area contributed by atoms with E-state index in [0.717, 1.165) is 0 Å². The van der Waals surface area contributed by atoms with Crippen LogP contribution in [0, 0.1) is 5.41 Å². The second-order valence-electron chi connectivity index (χ2n) is 4.99. The summed E-state index contributed by atoms with van der Waals surface area (Å²) in [6, 6.07) is 4.27. The molecule has 1 nitrogen and oxygen atoms in total. The number of rotatable bonds is 0. The molecular weight excluding hydrogens is 158 g/mol. The summed E-state index contributed by atoms with van der Waals surface area (Å²) in [6.45, 7) is 6.98. The monoisotopic (exact) mass is 175 g/mol. The Hall–Kier alpha value is -0.850. The van der Waals surface area contributed by atoms with E-state index in [2.05, 4.69) is 31.8 Å². The molecule has 2 rings (SSSR count). The molecule has 0 saturated carbocycles. The summed E-state index contributed by atoms with van der Waals surface area (Å²) in [5.74, 6) is 0.625. The molecule has 1 atom stereocenters. The minimum atomic E-state index is 0.454. The molecule has 1 aromatic heterocycles. The number of hydrogen-bond acceptors (Lipinski definition) is 1. The van der Waals surface area contributed by atoms with Crippen LogP contribution in [-0.4, -0.2) is 4.98 Å². The Morgan fingerprint density at radius 1 is 1.46 bits per heavy atom. The van der Waals surface area contributed by atoms with Gasteiger partial charge in [-0.05, 0) is 35.8 Å². The Morgan fingerprint density at radius 2 is 2.23 bits per heavy atom. The minimum Gasteiger partial charge on any atom is -0.261 e. The van der Waals surface area contributed by atoms with Gasteiger partial charge >= 0.3 is 0 Å². The van der Waals surface area contributed by atoms with E-state index >= 15 is 0 Å². The van der Waals surface area contributed by atoms with Crippen molar-refractivity contribution in [2.45, 2.75) is 39.5 Å². The molecule has 0 saturated heterocycles. The number of nitrogens with zero attached hydrogens (tertiary/aromatic N) is 1. The number of hydrogen-bond donors (Lipinski definition) is 0. The molecule has 70 valence electrons. The van der Waals surface area contributed by atoms with E-state index in [1.165, 1.54) is 24.1 Å². The largest absolute Gasteiger partial charge is 0.261 e. The van der Waals surface area contributed by atoms with E-state index in [1.807, 2.05) is 12.3 Å². The molecule has 0 spiro atoms. The molecule has 0 bridgehead atoms. The molecule has 1 unspecified atom stereocenters. The van der Waals surface area contributed by atoms with Crippen LogP contribution in [0.25, 0.3) is 0 Å². The summed E-state index contributed by atoms with van der Waals surface area (Å²) in [5, 5.41) is 0. The van der Waals surface area contributed by atoms with Crippen LogP contribution in [0.2, 0.25) is 0 Å². The Labute approximate surface area is 80.2 Å². The van der Waals surface area contributed by atoms with Crippen LogP contribution in [0.15, 0.2) is 18.3 Å². The summed E-state index contributed by atoms with van der Waals surface area (Å²) in [4.78, 5) is 4.47. The van der Waals surface area contributed by atoms with Crippen molar-refractivity contribution in [2.75, 3.05) is 0 Å². The third-order valence-corrected chi connectivity index (χ3v) is 2.92. The van der Waals surface area contributed by atoms with Gasteiger partial charge in [0.15, 0.2) is 0 Å². The molecule has 1 aromatic rings. The Kier molecular flexibility index (Phi) is 1.90. The SMILES string of the molecule is CC1CC(C)(C)Cc2cccnc21. The van der Waals surface area contributed by atoms with Gasteiger partial charge in [-0.2, -0.15) is 0 Å². The van der Waals surface area contributed by atoms with Crippen LogP contribution in [-0.2, 0) is 6.42 Å².